The quantitative estimate of drug-likeness (QED) is 0.473. The van der Waals surface area contributed by atoms with Crippen molar-refractivity contribution in [2.24, 2.45) is 0 Å². The molecule has 3 aromatic carbocycles. The molecule has 0 bridgehead atoms. The van der Waals surface area contributed by atoms with Crippen molar-refractivity contribution in [3.63, 3.8) is 0 Å². The first kappa shape index (κ1) is 14.9. The van der Waals surface area contributed by atoms with Gasteiger partial charge in [-0.05, 0) is 47.0 Å². The van der Waals surface area contributed by atoms with Gasteiger partial charge in [0.25, 0.3) is 0 Å². The number of benzene rings is 3. The molecule has 0 radical (unpaired) electrons. The number of halogens is 1. The van der Waals surface area contributed by atoms with Gasteiger partial charge in [0.05, 0.1) is 0 Å². The fourth-order valence-corrected chi connectivity index (χ4v) is 2.92. The third-order valence-electron chi connectivity index (χ3n) is 4.01. The lowest BCUT2D eigenvalue weighted by molar-refractivity contribution is 0.584. The number of alkyl halides is 1. The van der Waals surface area contributed by atoms with Crippen LogP contribution < -0.4 is 0 Å². The Hall–Kier alpha value is -2.65. The van der Waals surface area contributed by atoms with Crippen molar-refractivity contribution < 1.29 is 4.42 Å². The van der Waals surface area contributed by atoms with Gasteiger partial charge in [0.2, 0.25) is 11.8 Å². The molecule has 0 amide bonds. The lowest BCUT2D eigenvalue weighted by atomic mass is 10.1. The van der Waals surface area contributed by atoms with Gasteiger partial charge >= 0.3 is 0 Å². The third-order valence-corrected chi connectivity index (χ3v) is 4.19. The van der Waals surface area contributed by atoms with Crippen molar-refractivity contribution in [1.29, 1.82) is 0 Å². The average molecular weight is 335 g/mol. The highest BCUT2D eigenvalue weighted by atomic mass is 35.5. The van der Waals surface area contributed by atoms with Crippen LogP contribution in [-0.4, -0.2) is 16.1 Å². The zero-order chi connectivity index (χ0) is 16.4. The summed E-state index contributed by atoms with van der Waals surface area (Å²) < 4.78 is 5.86. The standard InChI is InChI=1S/C20H15ClN2O/c21-12-11-14-5-7-16(8-6-14)19-22-23-20(24-19)18-10-9-15-3-1-2-4-17(15)13-18/h1-10,13H,11-12H2. The zero-order valence-corrected chi connectivity index (χ0v) is 13.7. The lowest BCUT2D eigenvalue weighted by Crippen LogP contribution is -1.85. The maximum Gasteiger partial charge on any atom is 0.248 e. The first-order chi connectivity index (χ1) is 11.8. The molecule has 0 aliphatic rings. The van der Waals surface area contributed by atoms with Gasteiger partial charge in [0, 0.05) is 17.0 Å². The van der Waals surface area contributed by atoms with Crippen molar-refractivity contribution in [1.82, 2.24) is 10.2 Å². The van der Waals surface area contributed by atoms with Gasteiger partial charge in [-0.3, -0.25) is 0 Å². The Morgan fingerprint density at radius 2 is 1.42 bits per heavy atom. The summed E-state index contributed by atoms with van der Waals surface area (Å²) in [6, 6.07) is 22.4. The van der Waals surface area contributed by atoms with Gasteiger partial charge < -0.3 is 4.42 Å². The molecular weight excluding hydrogens is 320 g/mol. The first-order valence-electron chi connectivity index (χ1n) is 7.81. The predicted octanol–water partition coefficient (Wildman–Crippen LogP) is 5.34. The molecule has 0 spiro atoms. The van der Waals surface area contributed by atoms with Gasteiger partial charge in [-0.2, -0.15) is 0 Å². The number of rotatable bonds is 4. The Kier molecular flexibility index (Phi) is 4.01. The molecule has 0 aliphatic heterocycles. The minimum Gasteiger partial charge on any atom is -0.416 e. The highest BCUT2D eigenvalue weighted by molar-refractivity contribution is 6.17. The van der Waals surface area contributed by atoms with Crippen molar-refractivity contribution in [3.05, 3.63) is 72.3 Å². The second-order valence-electron chi connectivity index (χ2n) is 5.61. The summed E-state index contributed by atoms with van der Waals surface area (Å²) in [5, 5.41) is 10.7. The van der Waals surface area contributed by atoms with Crippen LogP contribution in [0.5, 0.6) is 0 Å². The first-order valence-corrected chi connectivity index (χ1v) is 8.35. The van der Waals surface area contributed by atoms with E-state index in [0.717, 1.165) is 22.9 Å². The molecule has 0 aliphatic carbocycles. The van der Waals surface area contributed by atoms with Crippen molar-refractivity contribution in [2.75, 3.05) is 5.88 Å². The minimum absolute atomic E-state index is 0.524. The normalized spacial score (nSPS) is 11.0. The number of nitrogens with zero attached hydrogens (tertiary/aromatic N) is 2. The van der Waals surface area contributed by atoms with Gasteiger partial charge in [-0.15, -0.1) is 21.8 Å². The SMILES string of the molecule is ClCCc1ccc(-c2nnc(-c3ccc4ccccc4c3)o2)cc1. The molecule has 118 valence electrons. The molecule has 4 rings (SSSR count). The molecule has 4 heteroatoms. The Bertz CT molecular complexity index is 976. The van der Waals surface area contributed by atoms with E-state index in [0.29, 0.717) is 17.7 Å². The smallest absolute Gasteiger partial charge is 0.248 e. The molecule has 0 N–H and O–H groups in total. The predicted molar refractivity (Wildman–Crippen MR) is 97.1 cm³/mol. The molecule has 1 heterocycles. The molecule has 1 aromatic heterocycles. The Balaban J connectivity index is 1.65. The average Bonchev–Trinajstić information content (AvgIpc) is 3.12. The summed E-state index contributed by atoms with van der Waals surface area (Å²) in [4.78, 5) is 0. The van der Waals surface area contributed by atoms with Gasteiger partial charge in [0.1, 0.15) is 0 Å². The van der Waals surface area contributed by atoms with E-state index in [9.17, 15) is 0 Å². The van der Waals surface area contributed by atoms with Crippen LogP contribution in [-0.2, 0) is 6.42 Å². The van der Waals surface area contributed by atoms with Crippen LogP contribution >= 0.6 is 11.6 Å². The second-order valence-corrected chi connectivity index (χ2v) is 5.99. The largest absolute Gasteiger partial charge is 0.416 e. The molecule has 0 unspecified atom stereocenters. The second kappa shape index (κ2) is 6.46. The summed E-state index contributed by atoms with van der Waals surface area (Å²) in [6.07, 6.45) is 0.855. The van der Waals surface area contributed by atoms with E-state index in [4.69, 9.17) is 16.0 Å². The van der Waals surface area contributed by atoms with E-state index in [1.165, 1.54) is 10.9 Å². The van der Waals surface area contributed by atoms with E-state index >= 15 is 0 Å². The maximum absolute atomic E-state index is 5.86. The van der Waals surface area contributed by atoms with Crippen LogP contribution in [0.3, 0.4) is 0 Å². The Morgan fingerprint density at radius 1 is 0.750 bits per heavy atom. The van der Waals surface area contributed by atoms with E-state index in [1.54, 1.807) is 0 Å². The lowest BCUT2D eigenvalue weighted by Gasteiger charge is -2.00. The molecule has 24 heavy (non-hydrogen) atoms. The number of aromatic nitrogens is 2. The summed E-state index contributed by atoms with van der Waals surface area (Å²) >= 11 is 5.76. The summed E-state index contributed by atoms with van der Waals surface area (Å²) in [5.41, 5.74) is 3.03. The molecule has 4 aromatic rings. The van der Waals surface area contributed by atoms with Gasteiger partial charge in [0.15, 0.2) is 0 Å². The summed E-state index contributed by atoms with van der Waals surface area (Å²) in [6.45, 7) is 0. The van der Waals surface area contributed by atoms with Gasteiger partial charge in [-0.25, -0.2) is 0 Å². The molecule has 0 saturated carbocycles. The van der Waals surface area contributed by atoms with E-state index in [-0.39, 0.29) is 0 Å². The third kappa shape index (κ3) is 2.91. The Labute approximate surface area is 144 Å². The highest BCUT2D eigenvalue weighted by Crippen LogP contribution is 2.26. The minimum atomic E-state index is 0.524. The fourth-order valence-electron chi connectivity index (χ4n) is 2.70. The molecule has 0 saturated heterocycles. The van der Waals surface area contributed by atoms with E-state index in [2.05, 4.69) is 34.5 Å². The topological polar surface area (TPSA) is 38.9 Å². The van der Waals surface area contributed by atoms with Crippen LogP contribution in [0.15, 0.2) is 71.1 Å². The molecular formula is C20H15ClN2O. The van der Waals surface area contributed by atoms with Crippen LogP contribution in [0.4, 0.5) is 0 Å². The van der Waals surface area contributed by atoms with E-state index in [1.807, 2.05) is 42.5 Å². The number of fused-ring (bicyclic) bond motifs is 1. The van der Waals surface area contributed by atoms with E-state index < -0.39 is 0 Å². The summed E-state index contributed by atoms with van der Waals surface area (Å²) in [5.74, 6) is 1.67. The number of hydrogen-bond donors (Lipinski definition) is 0. The van der Waals surface area contributed by atoms with Crippen molar-refractivity contribution >= 4 is 22.4 Å². The fraction of sp³-hybridized carbons (Fsp3) is 0.100. The zero-order valence-electron chi connectivity index (χ0n) is 12.9. The molecule has 3 nitrogen and oxygen atoms in total. The number of aryl methyl sites for hydroxylation is 1. The van der Waals surface area contributed by atoms with Crippen LogP contribution in [0.25, 0.3) is 33.7 Å². The number of hydrogen-bond acceptors (Lipinski definition) is 3. The monoisotopic (exact) mass is 334 g/mol. The Morgan fingerprint density at radius 3 is 2.17 bits per heavy atom. The molecule has 0 fully saturated rings. The van der Waals surface area contributed by atoms with Gasteiger partial charge in [-0.1, -0.05) is 42.5 Å². The van der Waals surface area contributed by atoms with Crippen LogP contribution in [0.1, 0.15) is 5.56 Å². The van der Waals surface area contributed by atoms with Crippen molar-refractivity contribution in [2.45, 2.75) is 6.42 Å². The van der Waals surface area contributed by atoms with Crippen molar-refractivity contribution in [3.8, 4) is 22.9 Å². The molecule has 0 atom stereocenters. The maximum atomic E-state index is 5.86. The summed E-state index contributed by atoms with van der Waals surface area (Å²) in [7, 11) is 0. The highest BCUT2D eigenvalue weighted by Gasteiger charge is 2.11. The van der Waals surface area contributed by atoms with Crippen LogP contribution in [0, 0.1) is 0 Å². The van der Waals surface area contributed by atoms with Crippen LogP contribution in [0.2, 0.25) is 0 Å².